The number of likely N-dealkylation sites (N-methyl/N-ethyl adjacent to an activating group) is 1. The normalized spacial score (nSPS) is 14.1. The van der Waals surface area contributed by atoms with E-state index in [1.165, 1.54) is 10.9 Å². The Labute approximate surface area is 124 Å². The van der Waals surface area contributed by atoms with E-state index in [-0.39, 0.29) is 17.9 Å². The van der Waals surface area contributed by atoms with Crippen molar-refractivity contribution in [2.75, 3.05) is 11.9 Å². The van der Waals surface area contributed by atoms with Gasteiger partial charge in [-0.05, 0) is 43.0 Å². The Kier molecular flexibility index (Phi) is 4.78. The van der Waals surface area contributed by atoms with Crippen molar-refractivity contribution in [2.24, 2.45) is 5.73 Å². The number of nitrogens with zero attached hydrogens (tertiary/aromatic N) is 1. The second-order valence-electron chi connectivity index (χ2n) is 5.24. The van der Waals surface area contributed by atoms with Crippen molar-refractivity contribution >= 4 is 17.0 Å². The number of rotatable bonds is 5. The van der Waals surface area contributed by atoms with Gasteiger partial charge in [0.25, 0.3) is 0 Å². The van der Waals surface area contributed by atoms with E-state index < -0.39 is 0 Å². The fourth-order valence-electron chi connectivity index (χ4n) is 2.19. The summed E-state index contributed by atoms with van der Waals surface area (Å²) in [6.45, 7) is 3.97. The van der Waals surface area contributed by atoms with Crippen LogP contribution in [0, 0.1) is 5.82 Å². The molecule has 108 valence electrons. The number of hydrogen-bond acceptors (Lipinski definition) is 3. The van der Waals surface area contributed by atoms with Crippen LogP contribution < -0.4 is 10.6 Å². The second kappa shape index (κ2) is 6.37. The fourth-order valence-corrected chi connectivity index (χ4v) is 3.01. The minimum atomic E-state index is -0.208. The van der Waals surface area contributed by atoms with E-state index in [9.17, 15) is 4.39 Å². The van der Waals surface area contributed by atoms with Gasteiger partial charge in [0, 0.05) is 30.4 Å². The highest BCUT2D eigenvalue weighted by Crippen LogP contribution is 2.25. The molecule has 2 rings (SSSR count). The summed E-state index contributed by atoms with van der Waals surface area (Å²) in [4.78, 5) is 3.30. The molecule has 1 heterocycles. The van der Waals surface area contributed by atoms with Crippen molar-refractivity contribution in [1.82, 2.24) is 0 Å². The molecule has 0 spiro atoms. The van der Waals surface area contributed by atoms with Crippen LogP contribution in [0.1, 0.15) is 30.3 Å². The first-order valence-corrected chi connectivity index (χ1v) is 7.67. The lowest BCUT2D eigenvalue weighted by Gasteiger charge is -2.27. The summed E-state index contributed by atoms with van der Waals surface area (Å²) in [5.74, 6) is -0.208. The van der Waals surface area contributed by atoms with Crippen LogP contribution in [0.4, 0.5) is 10.1 Å². The summed E-state index contributed by atoms with van der Waals surface area (Å²) in [6.07, 6.45) is 0.919. The molecule has 0 amide bonds. The van der Waals surface area contributed by atoms with Crippen LogP contribution in [-0.2, 0) is 6.42 Å². The molecule has 1 aromatic heterocycles. The third-order valence-electron chi connectivity index (χ3n) is 3.62. The lowest BCUT2D eigenvalue weighted by Crippen LogP contribution is -2.31. The molecular formula is C16H21FN2S. The van der Waals surface area contributed by atoms with Gasteiger partial charge in [0.15, 0.2) is 0 Å². The largest absolute Gasteiger partial charge is 0.369 e. The van der Waals surface area contributed by atoms with Gasteiger partial charge in [-0.25, -0.2) is 4.39 Å². The summed E-state index contributed by atoms with van der Waals surface area (Å²) < 4.78 is 14.2. The molecule has 0 saturated carbocycles. The molecule has 0 fully saturated rings. The summed E-state index contributed by atoms with van der Waals surface area (Å²) in [6, 6.07) is 9.51. The van der Waals surface area contributed by atoms with Gasteiger partial charge in [0.1, 0.15) is 5.82 Å². The molecule has 2 aromatic rings. The van der Waals surface area contributed by atoms with Crippen LogP contribution in [-0.4, -0.2) is 13.1 Å². The SMILES string of the molecule is CC(Cc1cccs1)N(C)c1ccc([C@@H](C)N)cc1F. The number of halogens is 1. The molecule has 4 heteroatoms. The van der Waals surface area contributed by atoms with E-state index in [2.05, 4.69) is 18.4 Å². The molecule has 2 nitrogen and oxygen atoms in total. The maximum Gasteiger partial charge on any atom is 0.146 e. The number of hydrogen-bond donors (Lipinski definition) is 1. The monoisotopic (exact) mass is 292 g/mol. The molecule has 1 unspecified atom stereocenters. The average molecular weight is 292 g/mol. The third kappa shape index (κ3) is 3.38. The molecule has 1 aromatic carbocycles. The summed E-state index contributed by atoms with van der Waals surface area (Å²) in [5, 5.41) is 2.07. The Bertz CT molecular complexity index is 552. The third-order valence-corrected chi connectivity index (χ3v) is 4.51. The van der Waals surface area contributed by atoms with Gasteiger partial charge >= 0.3 is 0 Å². The summed E-state index contributed by atoms with van der Waals surface area (Å²) >= 11 is 1.74. The van der Waals surface area contributed by atoms with E-state index in [1.807, 2.05) is 37.1 Å². The van der Waals surface area contributed by atoms with Crippen LogP contribution in [0.3, 0.4) is 0 Å². The highest BCUT2D eigenvalue weighted by atomic mass is 32.1. The van der Waals surface area contributed by atoms with Gasteiger partial charge < -0.3 is 10.6 Å². The molecule has 0 aliphatic heterocycles. The molecule has 0 aliphatic rings. The van der Waals surface area contributed by atoms with Crippen LogP contribution in [0.5, 0.6) is 0 Å². The summed E-state index contributed by atoms with van der Waals surface area (Å²) in [5.41, 5.74) is 7.23. The Hall–Kier alpha value is -1.39. The van der Waals surface area contributed by atoms with Gasteiger partial charge in [-0.15, -0.1) is 11.3 Å². The van der Waals surface area contributed by atoms with Crippen molar-refractivity contribution in [3.63, 3.8) is 0 Å². The average Bonchev–Trinajstić information content (AvgIpc) is 2.90. The van der Waals surface area contributed by atoms with Gasteiger partial charge in [-0.2, -0.15) is 0 Å². The van der Waals surface area contributed by atoms with Crippen molar-refractivity contribution in [1.29, 1.82) is 0 Å². The number of nitrogens with two attached hydrogens (primary N) is 1. The minimum Gasteiger partial charge on any atom is -0.369 e. The molecule has 0 saturated heterocycles. The summed E-state index contributed by atoms with van der Waals surface area (Å²) in [7, 11) is 1.93. The van der Waals surface area contributed by atoms with E-state index in [1.54, 1.807) is 11.3 Å². The van der Waals surface area contributed by atoms with Gasteiger partial charge in [0.05, 0.1) is 5.69 Å². The second-order valence-corrected chi connectivity index (χ2v) is 6.28. The Morgan fingerprint density at radius 2 is 2.05 bits per heavy atom. The van der Waals surface area contributed by atoms with Gasteiger partial charge in [0.2, 0.25) is 0 Å². The van der Waals surface area contributed by atoms with E-state index >= 15 is 0 Å². The van der Waals surface area contributed by atoms with Crippen LogP contribution in [0.15, 0.2) is 35.7 Å². The van der Waals surface area contributed by atoms with Gasteiger partial charge in [-0.1, -0.05) is 12.1 Å². The molecule has 2 N–H and O–H groups in total. The van der Waals surface area contributed by atoms with Crippen LogP contribution in [0.2, 0.25) is 0 Å². The smallest absolute Gasteiger partial charge is 0.146 e. The standard InChI is InChI=1S/C16H21FN2S/c1-11(9-14-5-4-8-20-14)19(3)16-7-6-13(12(2)18)10-15(16)17/h4-8,10-12H,9,18H2,1-3H3/t11?,12-/m1/s1. The first-order chi connectivity index (χ1) is 9.49. The maximum atomic E-state index is 14.2. The van der Waals surface area contributed by atoms with Crippen molar-refractivity contribution in [2.45, 2.75) is 32.4 Å². The van der Waals surface area contributed by atoms with E-state index in [0.717, 1.165) is 12.0 Å². The van der Waals surface area contributed by atoms with E-state index in [4.69, 9.17) is 5.73 Å². The molecule has 0 radical (unpaired) electrons. The predicted molar refractivity (Wildman–Crippen MR) is 84.9 cm³/mol. The highest BCUT2D eigenvalue weighted by Gasteiger charge is 2.15. The van der Waals surface area contributed by atoms with Crippen molar-refractivity contribution in [3.05, 3.63) is 52.0 Å². The fraction of sp³-hybridized carbons (Fsp3) is 0.375. The zero-order valence-electron chi connectivity index (χ0n) is 12.1. The lowest BCUT2D eigenvalue weighted by molar-refractivity contribution is 0.601. The number of benzene rings is 1. The molecule has 0 aliphatic carbocycles. The molecular weight excluding hydrogens is 271 g/mol. The molecule has 0 bridgehead atoms. The topological polar surface area (TPSA) is 29.3 Å². The first-order valence-electron chi connectivity index (χ1n) is 6.79. The quantitative estimate of drug-likeness (QED) is 0.903. The molecule has 20 heavy (non-hydrogen) atoms. The zero-order valence-corrected chi connectivity index (χ0v) is 13.0. The van der Waals surface area contributed by atoms with Crippen LogP contribution >= 0.6 is 11.3 Å². The minimum absolute atomic E-state index is 0.146. The zero-order chi connectivity index (χ0) is 14.7. The Morgan fingerprint density at radius 1 is 1.30 bits per heavy atom. The van der Waals surface area contributed by atoms with Crippen LogP contribution in [0.25, 0.3) is 0 Å². The van der Waals surface area contributed by atoms with Crippen molar-refractivity contribution < 1.29 is 4.39 Å². The van der Waals surface area contributed by atoms with E-state index in [0.29, 0.717) is 5.69 Å². The molecule has 2 atom stereocenters. The Morgan fingerprint density at radius 3 is 2.60 bits per heavy atom. The Balaban J connectivity index is 2.14. The highest BCUT2D eigenvalue weighted by molar-refractivity contribution is 7.09. The van der Waals surface area contributed by atoms with Gasteiger partial charge in [-0.3, -0.25) is 0 Å². The lowest BCUT2D eigenvalue weighted by atomic mass is 10.1. The first kappa shape index (κ1) is 15.0. The maximum absolute atomic E-state index is 14.2. The number of anilines is 1. The van der Waals surface area contributed by atoms with Crippen molar-refractivity contribution in [3.8, 4) is 0 Å². The predicted octanol–water partition coefficient (Wildman–Crippen LogP) is 3.97. The number of thiophene rings is 1.